The van der Waals surface area contributed by atoms with Gasteiger partial charge in [-0.3, -0.25) is 24.5 Å². The van der Waals surface area contributed by atoms with Crippen LogP contribution in [-0.2, 0) is 14.4 Å². The number of hydrogen-bond acceptors (Lipinski definition) is 6. The molecule has 0 bridgehead atoms. The van der Waals surface area contributed by atoms with E-state index in [1.165, 1.54) is 23.3 Å². The largest absolute Gasteiger partial charge is 0.273 e. The van der Waals surface area contributed by atoms with E-state index < -0.39 is 34.8 Å². The molecule has 0 aliphatic carbocycles. The van der Waals surface area contributed by atoms with Crippen LogP contribution in [0.4, 0.5) is 17.1 Å². The van der Waals surface area contributed by atoms with Crippen molar-refractivity contribution >= 4 is 40.5 Å². The Morgan fingerprint density at radius 3 is 2.31 bits per heavy atom. The molecule has 0 spiro atoms. The van der Waals surface area contributed by atoms with Gasteiger partial charge >= 0.3 is 0 Å². The SMILES string of the molecule is O=C1C2ON(c3ccccc3)C(c3cccc([N+](=O)[O-])c3)C2C(=O)N1c1cccc(Cl)c1. The molecule has 2 heterocycles. The average molecular weight is 450 g/mol. The molecule has 8 nitrogen and oxygen atoms in total. The first-order chi connectivity index (χ1) is 15.5. The molecule has 160 valence electrons. The lowest BCUT2D eigenvalue weighted by Gasteiger charge is -2.28. The van der Waals surface area contributed by atoms with E-state index in [1.807, 2.05) is 6.07 Å². The van der Waals surface area contributed by atoms with Crippen molar-refractivity contribution in [2.75, 3.05) is 9.96 Å². The maximum Gasteiger partial charge on any atom is 0.269 e. The summed E-state index contributed by atoms with van der Waals surface area (Å²) in [7, 11) is 0. The van der Waals surface area contributed by atoms with Crippen molar-refractivity contribution in [3.63, 3.8) is 0 Å². The van der Waals surface area contributed by atoms with Crippen LogP contribution in [0.25, 0.3) is 0 Å². The molecule has 3 aromatic carbocycles. The Kier molecular flexibility index (Phi) is 4.88. The first-order valence-corrected chi connectivity index (χ1v) is 10.2. The van der Waals surface area contributed by atoms with Gasteiger partial charge in [0.2, 0.25) is 5.91 Å². The zero-order valence-corrected chi connectivity index (χ0v) is 17.3. The summed E-state index contributed by atoms with van der Waals surface area (Å²) < 4.78 is 0. The van der Waals surface area contributed by atoms with Gasteiger partial charge in [-0.2, -0.15) is 0 Å². The summed E-state index contributed by atoms with van der Waals surface area (Å²) in [6, 6.07) is 20.8. The molecule has 0 saturated carbocycles. The molecule has 2 fully saturated rings. The maximum atomic E-state index is 13.5. The number of halogens is 1. The lowest BCUT2D eigenvalue weighted by atomic mass is 9.90. The van der Waals surface area contributed by atoms with Crippen LogP contribution in [0, 0.1) is 16.0 Å². The third-order valence-electron chi connectivity index (χ3n) is 5.62. The summed E-state index contributed by atoms with van der Waals surface area (Å²) >= 11 is 6.06. The number of nitro groups is 1. The summed E-state index contributed by atoms with van der Waals surface area (Å²) in [6.45, 7) is 0. The minimum absolute atomic E-state index is 0.109. The number of rotatable bonds is 4. The Morgan fingerprint density at radius 2 is 1.59 bits per heavy atom. The summed E-state index contributed by atoms with van der Waals surface area (Å²) in [5.41, 5.74) is 1.38. The number of nitrogens with zero attached hydrogens (tertiary/aromatic N) is 3. The lowest BCUT2D eigenvalue weighted by Crippen LogP contribution is -2.37. The molecule has 3 unspecified atom stereocenters. The fourth-order valence-corrected chi connectivity index (χ4v) is 4.43. The second kappa shape index (κ2) is 7.74. The molecule has 0 radical (unpaired) electrons. The van der Waals surface area contributed by atoms with Gasteiger partial charge in [-0.25, -0.2) is 9.96 Å². The molecule has 0 N–H and O–H groups in total. The second-order valence-electron chi connectivity index (χ2n) is 7.50. The zero-order chi connectivity index (χ0) is 22.4. The van der Waals surface area contributed by atoms with Crippen LogP contribution in [0.2, 0.25) is 5.02 Å². The standard InChI is InChI=1S/C23H16ClN3O5/c24-15-7-5-10-17(13-15)25-22(28)19-20(14-6-4-11-18(12-14)27(30)31)26(32-21(19)23(25)29)16-8-2-1-3-9-16/h1-13,19-21H. The van der Waals surface area contributed by atoms with E-state index in [4.69, 9.17) is 16.4 Å². The molecular formula is C23H16ClN3O5. The van der Waals surface area contributed by atoms with Gasteiger partial charge in [0.25, 0.3) is 11.6 Å². The molecule has 2 aliphatic heterocycles. The lowest BCUT2D eigenvalue weighted by molar-refractivity contribution is -0.384. The molecule has 3 atom stereocenters. The number of anilines is 2. The molecule has 3 aromatic rings. The van der Waals surface area contributed by atoms with Gasteiger partial charge in [0.15, 0.2) is 6.10 Å². The smallest absolute Gasteiger partial charge is 0.269 e. The van der Waals surface area contributed by atoms with Crippen LogP contribution >= 0.6 is 11.6 Å². The number of carbonyl (C=O) groups is 2. The molecular weight excluding hydrogens is 434 g/mol. The van der Waals surface area contributed by atoms with Gasteiger partial charge in [-0.05, 0) is 35.9 Å². The summed E-state index contributed by atoms with van der Waals surface area (Å²) in [5.74, 6) is -1.84. The van der Waals surface area contributed by atoms with E-state index in [0.717, 1.165) is 4.90 Å². The number of para-hydroxylation sites is 1. The third kappa shape index (κ3) is 3.21. The van der Waals surface area contributed by atoms with Crippen LogP contribution in [0.15, 0.2) is 78.9 Å². The van der Waals surface area contributed by atoms with Crippen LogP contribution in [-0.4, -0.2) is 22.8 Å². The first-order valence-electron chi connectivity index (χ1n) is 9.84. The topological polar surface area (TPSA) is 93.0 Å². The molecule has 32 heavy (non-hydrogen) atoms. The van der Waals surface area contributed by atoms with E-state index in [2.05, 4.69) is 0 Å². The normalized spacial score (nSPS) is 22.3. The van der Waals surface area contributed by atoms with Crippen LogP contribution in [0.1, 0.15) is 11.6 Å². The van der Waals surface area contributed by atoms with E-state index in [9.17, 15) is 19.7 Å². The van der Waals surface area contributed by atoms with E-state index >= 15 is 0 Å². The number of fused-ring (bicyclic) bond motifs is 1. The van der Waals surface area contributed by atoms with Crippen molar-refractivity contribution < 1.29 is 19.3 Å². The average Bonchev–Trinajstić information content (AvgIpc) is 3.30. The third-order valence-corrected chi connectivity index (χ3v) is 5.85. The van der Waals surface area contributed by atoms with Crippen LogP contribution < -0.4 is 9.96 Å². The Morgan fingerprint density at radius 1 is 0.875 bits per heavy atom. The number of non-ortho nitro benzene ring substituents is 1. The number of amides is 2. The number of imide groups is 1. The number of hydrogen-bond donors (Lipinski definition) is 0. The van der Waals surface area contributed by atoms with Crippen LogP contribution in [0.5, 0.6) is 0 Å². The fraction of sp³-hybridized carbons (Fsp3) is 0.130. The van der Waals surface area contributed by atoms with Gasteiger partial charge in [0.1, 0.15) is 5.92 Å². The predicted molar refractivity (Wildman–Crippen MR) is 117 cm³/mol. The Balaban J connectivity index is 1.61. The van der Waals surface area contributed by atoms with Gasteiger partial charge < -0.3 is 0 Å². The Bertz CT molecular complexity index is 1240. The Hall–Kier alpha value is -3.75. The highest BCUT2D eigenvalue weighted by Crippen LogP contribution is 2.48. The van der Waals surface area contributed by atoms with E-state index in [-0.39, 0.29) is 5.69 Å². The van der Waals surface area contributed by atoms with Gasteiger partial charge in [0.05, 0.1) is 22.3 Å². The van der Waals surface area contributed by atoms with Crippen molar-refractivity contribution in [1.82, 2.24) is 0 Å². The van der Waals surface area contributed by atoms with Crippen LogP contribution in [0.3, 0.4) is 0 Å². The second-order valence-corrected chi connectivity index (χ2v) is 7.94. The molecule has 2 saturated heterocycles. The number of carbonyl (C=O) groups excluding carboxylic acids is 2. The molecule has 0 aromatic heterocycles. The number of benzene rings is 3. The van der Waals surface area contributed by atoms with Gasteiger partial charge in [0, 0.05) is 17.2 Å². The summed E-state index contributed by atoms with van der Waals surface area (Å²) in [6.07, 6.45) is -1.06. The number of hydroxylamine groups is 1. The van der Waals surface area contributed by atoms with E-state index in [1.54, 1.807) is 54.6 Å². The van der Waals surface area contributed by atoms with Gasteiger partial charge in [-0.1, -0.05) is 48.0 Å². The highest BCUT2D eigenvalue weighted by Gasteiger charge is 2.60. The molecule has 2 aliphatic rings. The van der Waals surface area contributed by atoms with Crippen molar-refractivity contribution in [2.45, 2.75) is 12.1 Å². The zero-order valence-electron chi connectivity index (χ0n) is 16.5. The minimum Gasteiger partial charge on any atom is -0.273 e. The summed E-state index contributed by atoms with van der Waals surface area (Å²) in [5, 5.41) is 13.2. The highest BCUT2D eigenvalue weighted by atomic mass is 35.5. The first kappa shape index (κ1) is 20.2. The van der Waals surface area contributed by atoms with Crippen molar-refractivity contribution in [2.24, 2.45) is 5.92 Å². The van der Waals surface area contributed by atoms with Gasteiger partial charge in [-0.15, -0.1) is 0 Å². The van der Waals surface area contributed by atoms with Crippen molar-refractivity contribution in [3.8, 4) is 0 Å². The monoisotopic (exact) mass is 449 g/mol. The Labute approximate surface area is 187 Å². The van der Waals surface area contributed by atoms with Crippen molar-refractivity contribution in [3.05, 3.63) is 99.6 Å². The highest BCUT2D eigenvalue weighted by molar-refractivity contribution is 6.31. The molecule has 9 heteroatoms. The molecule has 5 rings (SSSR count). The maximum absolute atomic E-state index is 13.5. The summed E-state index contributed by atoms with van der Waals surface area (Å²) in [4.78, 5) is 44.7. The quantitative estimate of drug-likeness (QED) is 0.335. The van der Waals surface area contributed by atoms with E-state index in [0.29, 0.717) is 22.0 Å². The molecule has 2 amide bonds. The minimum atomic E-state index is -1.06. The van der Waals surface area contributed by atoms with Crippen molar-refractivity contribution in [1.29, 1.82) is 0 Å². The fourth-order valence-electron chi connectivity index (χ4n) is 4.24. The number of nitro benzene ring substituents is 1. The predicted octanol–water partition coefficient (Wildman–Crippen LogP) is 4.30.